The summed E-state index contributed by atoms with van der Waals surface area (Å²) in [4.78, 5) is 11.1. The van der Waals surface area contributed by atoms with Crippen molar-refractivity contribution in [1.82, 2.24) is 3.97 Å². The van der Waals surface area contributed by atoms with E-state index in [4.69, 9.17) is 19.3 Å². The smallest absolute Gasteiger partial charge is 0.303 e. The van der Waals surface area contributed by atoms with E-state index in [0.717, 1.165) is 3.97 Å². The first-order valence-corrected chi connectivity index (χ1v) is 11.6. The van der Waals surface area contributed by atoms with Gasteiger partial charge in [0, 0.05) is 24.1 Å². The zero-order chi connectivity index (χ0) is 23.0. The Balaban J connectivity index is 1.65. The topological polar surface area (TPSA) is 104 Å². The van der Waals surface area contributed by atoms with Gasteiger partial charge in [0.05, 0.1) is 5.52 Å². The van der Waals surface area contributed by atoms with Crippen LogP contribution in [0.25, 0.3) is 10.9 Å². The highest BCUT2D eigenvalue weighted by molar-refractivity contribution is 7.90. The number of nitrogens with zero attached hydrogens (tertiary/aromatic N) is 1. The Labute approximate surface area is 189 Å². The lowest BCUT2D eigenvalue weighted by molar-refractivity contribution is -0.136. The Bertz CT molecular complexity index is 1460. The molecule has 168 valence electrons. The third-order valence-corrected chi connectivity index (χ3v) is 7.03. The van der Waals surface area contributed by atoms with Crippen molar-refractivity contribution < 1.29 is 32.5 Å². The number of hydrogen-bond acceptors (Lipinski definition) is 6. The quantitative estimate of drug-likeness (QED) is 0.431. The molecule has 0 fully saturated rings. The third kappa shape index (κ3) is 3.87. The van der Waals surface area contributed by atoms with E-state index < -0.39 is 16.0 Å². The molecule has 3 aromatic carbocycles. The number of aryl methyl sites for hydroxylation is 1. The second-order valence-corrected chi connectivity index (χ2v) is 9.22. The largest absolute Gasteiger partial charge is 0.481 e. The van der Waals surface area contributed by atoms with Crippen LogP contribution in [0.15, 0.2) is 77.8 Å². The average molecular weight is 465 g/mol. The van der Waals surface area contributed by atoms with Gasteiger partial charge in [-0.1, -0.05) is 30.3 Å². The van der Waals surface area contributed by atoms with E-state index in [1.165, 1.54) is 12.3 Å². The number of carboxylic acids is 1. The summed E-state index contributed by atoms with van der Waals surface area (Å²) in [5, 5.41) is 9.73. The molecule has 0 saturated carbocycles. The average Bonchev–Trinajstić information content (AvgIpc) is 3.41. The number of fused-ring (bicyclic) bond motifs is 2. The van der Waals surface area contributed by atoms with Gasteiger partial charge in [-0.15, -0.1) is 0 Å². The number of carboxylic acid groups (broad SMARTS) is 1. The number of para-hydroxylation sites is 2. The lowest BCUT2D eigenvalue weighted by Crippen LogP contribution is -2.13. The van der Waals surface area contributed by atoms with Gasteiger partial charge in [-0.3, -0.25) is 4.79 Å². The number of rotatable bonds is 7. The maximum absolute atomic E-state index is 13.8. The molecule has 8 nitrogen and oxygen atoms in total. The van der Waals surface area contributed by atoms with Gasteiger partial charge in [0.15, 0.2) is 11.5 Å². The molecular weight excluding hydrogens is 446 g/mol. The van der Waals surface area contributed by atoms with Crippen LogP contribution < -0.4 is 14.2 Å². The highest BCUT2D eigenvalue weighted by Gasteiger charge is 2.27. The zero-order valence-electron chi connectivity index (χ0n) is 17.3. The molecule has 0 aliphatic carbocycles. The highest BCUT2D eigenvalue weighted by Crippen LogP contribution is 2.40. The van der Waals surface area contributed by atoms with Crippen LogP contribution in [-0.2, 0) is 21.2 Å². The molecule has 0 amide bonds. The van der Waals surface area contributed by atoms with Crippen molar-refractivity contribution in [2.75, 3.05) is 6.79 Å². The van der Waals surface area contributed by atoms with Crippen LogP contribution in [0.3, 0.4) is 0 Å². The van der Waals surface area contributed by atoms with Gasteiger partial charge < -0.3 is 19.3 Å². The van der Waals surface area contributed by atoms with Crippen LogP contribution >= 0.6 is 0 Å². The van der Waals surface area contributed by atoms with Crippen molar-refractivity contribution in [3.05, 3.63) is 78.5 Å². The molecule has 2 heterocycles. The fourth-order valence-corrected chi connectivity index (χ4v) is 5.26. The van der Waals surface area contributed by atoms with Crippen LogP contribution in [0.4, 0.5) is 0 Å². The van der Waals surface area contributed by atoms with E-state index in [1.807, 2.05) is 6.07 Å². The van der Waals surface area contributed by atoms with Crippen LogP contribution in [0.1, 0.15) is 12.0 Å². The molecule has 9 heteroatoms. The molecule has 1 aliphatic heterocycles. The summed E-state index contributed by atoms with van der Waals surface area (Å²) in [7, 11) is -4.10. The maximum atomic E-state index is 13.8. The van der Waals surface area contributed by atoms with Crippen molar-refractivity contribution in [3.63, 3.8) is 0 Å². The van der Waals surface area contributed by atoms with Crippen molar-refractivity contribution in [2.45, 2.75) is 17.7 Å². The Morgan fingerprint density at radius 3 is 2.45 bits per heavy atom. The van der Waals surface area contributed by atoms with Gasteiger partial charge in [0.1, 0.15) is 16.4 Å². The van der Waals surface area contributed by atoms with E-state index in [-0.39, 0.29) is 30.3 Å². The number of aromatic nitrogens is 1. The second kappa shape index (κ2) is 8.18. The summed E-state index contributed by atoms with van der Waals surface area (Å²) in [6.07, 6.45) is 1.48. The predicted molar refractivity (Wildman–Crippen MR) is 120 cm³/mol. The van der Waals surface area contributed by atoms with Crippen molar-refractivity contribution in [1.29, 1.82) is 0 Å². The second-order valence-electron chi connectivity index (χ2n) is 7.43. The molecular formula is C24H19NO7S. The SMILES string of the molecule is O=C(O)CCc1cn(S(=O)(=O)c2ccccc2Oc2ccccc2)c2cc3c(cc12)OCO3. The van der Waals surface area contributed by atoms with Crippen molar-refractivity contribution in [2.24, 2.45) is 0 Å². The number of carbonyl (C=O) groups is 1. The Hall–Kier alpha value is -3.98. The number of ether oxygens (including phenoxy) is 3. The molecule has 33 heavy (non-hydrogen) atoms. The molecule has 1 aromatic heterocycles. The van der Waals surface area contributed by atoms with Gasteiger partial charge in [-0.25, -0.2) is 12.4 Å². The number of aliphatic carboxylic acids is 1. The molecule has 0 radical (unpaired) electrons. The molecule has 5 rings (SSSR count). The summed E-state index contributed by atoms with van der Waals surface area (Å²) >= 11 is 0. The van der Waals surface area contributed by atoms with Crippen LogP contribution in [0.5, 0.6) is 23.0 Å². The molecule has 0 atom stereocenters. The summed E-state index contributed by atoms with van der Waals surface area (Å²) in [5.74, 6) is 0.625. The normalized spacial score (nSPS) is 12.7. The van der Waals surface area contributed by atoms with Gasteiger partial charge in [-0.2, -0.15) is 0 Å². The standard InChI is InChI=1S/C24H19NO7S/c26-24(27)11-10-16-14-25(19-13-22-21(12-18(16)19)30-15-31-22)33(28,29)23-9-5-4-8-20(23)32-17-6-2-1-3-7-17/h1-9,12-14H,10-11,15H2,(H,26,27). The van der Waals surface area contributed by atoms with E-state index in [9.17, 15) is 13.2 Å². The molecule has 0 bridgehead atoms. The van der Waals surface area contributed by atoms with E-state index >= 15 is 0 Å². The van der Waals surface area contributed by atoms with Crippen molar-refractivity contribution >= 4 is 26.9 Å². The molecule has 1 N–H and O–H groups in total. The Morgan fingerprint density at radius 1 is 1.00 bits per heavy atom. The first-order valence-electron chi connectivity index (χ1n) is 10.2. The molecule has 0 unspecified atom stereocenters. The Kier molecular flexibility index (Phi) is 5.18. The van der Waals surface area contributed by atoms with Crippen LogP contribution in [-0.4, -0.2) is 30.3 Å². The minimum atomic E-state index is -4.10. The molecule has 0 spiro atoms. The fourth-order valence-electron chi connectivity index (χ4n) is 3.76. The monoisotopic (exact) mass is 465 g/mol. The number of benzene rings is 3. The molecule has 4 aromatic rings. The Morgan fingerprint density at radius 2 is 1.70 bits per heavy atom. The van der Waals surface area contributed by atoms with E-state index in [0.29, 0.717) is 33.7 Å². The first-order chi connectivity index (χ1) is 15.9. The minimum absolute atomic E-state index is 0.0202. The summed E-state index contributed by atoms with van der Waals surface area (Å²) in [5.41, 5.74) is 0.949. The third-order valence-electron chi connectivity index (χ3n) is 5.31. The molecule has 1 aliphatic rings. The lowest BCUT2D eigenvalue weighted by Gasteiger charge is -2.13. The van der Waals surface area contributed by atoms with E-state index in [2.05, 4.69) is 0 Å². The predicted octanol–water partition coefficient (Wildman–Crippen LogP) is 4.42. The minimum Gasteiger partial charge on any atom is -0.481 e. The van der Waals surface area contributed by atoms with Crippen LogP contribution in [0, 0.1) is 0 Å². The zero-order valence-corrected chi connectivity index (χ0v) is 18.1. The molecule has 0 saturated heterocycles. The van der Waals surface area contributed by atoms with Gasteiger partial charge in [0.25, 0.3) is 10.0 Å². The highest BCUT2D eigenvalue weighted by atomic mass is 32.2. The first kappa shape index (κ1) is 20.9. The lowest BCUT2D eigenvalue weighted by atomic mass is 10.1. The number of hydrogen-bond donors (Lipinski definition) is 1. The fraction of sp³-hybridized carbons (Fsp3) is 0.125. The van der Waals surface area contributed by atoms with E-state index in [1.54, 1.807) is 54.6 Å². The van der Waals surface area contributed by atoms with Gasteiger partial charge in [0.2, 0.25) is 6.79 Å². The summed E-state index contributed by atoms with van der Waals surface area (Å²) < 4.78 is 45.5. The van der Waals surface area contributed by atoms with Crippen LogP contribution in [0.2, 0.25) is 0 Å². The summed E-state index contributed by atoms with van der Waals surface area (Å²) in [6.45, 7) is 0.0346. The van der Waals surface area contributed by atoms with Gasteiger partial charge >= 0.3 is 5.97 Å². The summed E-state index contributed by atoms with van der Waals surface area (Å²) in [6, 6.07) is 18.6. The van der Waals surface area contributed by atoms with Gasteiger partial charge in [-0.05, 0) is 42.3 Å². The van der Waals surface area contributed by atoms with Crippen molar-refractivity contribution in [3.8, 4) is 23.0 Å². The maximum Gasteiger partial charge on any atom is 0.303 e.